The van der Waals surface area contributed by atoms with Gasteiger partial charge >= 0.3 is 0 Å². The highest BCUT2D eigenvalue weighted by atomic mass is 16.5. The average Bonchev–Trinajstić information content (AvgIpc) is 2.74. The molecule has 1 N–H and O–H groups in total. The van der Waals surface area contributed by atoms with Crippen LogP contribution in [-0.2, 0) is 11.2 Å². The number of hydrogen-bond acceptors (Lipinski definition) is 4. The Labute approximate surface area is 172 Å². The second-order valence-electron chi connectivity index (χ2n) is 7.60. The van der Waals surface area contributed by atoms with E-state index in [2.05, 4.69) is 5.32 Å². The number of anilines is 1. The Morgan fingerprint density at radius 2 is 1.66 bits per heavy atom. The quantitative estimate of drug-likeness (QED) is 0.817. The molecule has 6 heteroatoms. The van der Waals surface area contributed by atoms with Crippen LogP contribution in [0.25, 0.3) is 0 Å². The third kappa shape index (κ3) is 5.50. The van der Waals surface area contributed by atoms with Gasteiger partial charge in [0.25, 0.3) is 5.91 Å². The minimum atomic E-state index is 0.0132. The van der Waals surface area contributed by atoms with Crippen molar-refractivity contribution in [2.24, 2.45) is 0 Å². The molecule has 0 bridgehead atoms. The van der Waals surface area contributed by atoms with Crippen LogP contribution in [0.2, 0.25) is 0 Å². The number of benzene rings is 2. The summed E-state index contributed by atoms with van der Waals surface area (Å²) in [7, 11) is 5.58. The predicted octanol–water partition coefficient (Wildman–Crippen LogP) is 2.72. The normalized spacial score (nSPS) is 14.4. The van der Waals surface area contributed by atoms with Gasteiger partial charge in [-0.1, -0.05) is 12.1 Å². The van der Waals surface area contributed by atoms with E-state index in [4.69, 9.17) is 4.74 Å². The zero-order valence-electron chi connectivity index (χ0n) is 17.4. The first-order chi connectivity index (χ1) is 14.0. The van der Waals surface area contributed by atoms with Crippen LogP contribution in [0.15, 0.2) is 48.5 Å². The third-order valence-electron chi connectivity index (χ3n) is 5.30. The van der Waals surface area contributed by atoms with Crippen LogP contribution in [0.5, 0.6) is 5.75 Å². The monoisotopic (exact) mass is 395 g/mol. The summed E-state index contributed by atoms with van der Waals surface area (Å²) in [4.78, 5) is 28.9. The molecule has 1 aliphatic heterocycles. The van der Waals surface area contributed by atoms with Gasteiger partial charge < -0.3 is 19.9 Å². The summed E-state index contributed by atoms with van der Waals surface area (Å²) >= 11 is 0. The number of likely N-dealkylation sites (tertiary alicyclic amines) is 1. The molecule has 0 aromatic heterocycles. The molecule has 1 heterocycles. The molecular formula is C23H29N3O3. The van der Waals surface area contributed by atoms with Gasteiger partial charge in [-0.05, 0) is 54.8 Å². The van der Waals surface area contributed by atoms with Gasteiger partial charge in [0.2, 0.25) is 5.91 Å². The highest BCUT2D eigenvalue weighted by molar-refractivity contribution is 5.94. The Kier molecular flexibility index (Phi) is 6.75. The maximum atomic E-state index is 12.7. The number of methoxy groups -OCH3 is 1. The molecule has 1 fully saturated rings. The van der Waals surface area contributed by atoms with Crippen molar-refractivity contribution in [3.63, 3.8) is 0 Å². The average molecular weight is 396 g/mol. The summed E-state index contributed by atoms with van der Waals surface area (Å²) in [5.41, 5.74) is 2.73. The van der Waals surface area contributed by atoms with Crippen LogP contribution in [0.3, 0.4) is 0 Å². The number of nitrogens with zero attached hydrogens (tertiary/aromatic N) is 2. The summed E-state index contributed by atoms with van der Waals surface area (Å²) in [5.74, 6) is 0.847. The van der Waals surface area contributed by atoms with Crippen molar-refractivity contribution in [3.8, 4) is 5.75 Å². The highest BCUT2D eigenvalue weighted by Gasteiger charge is 2.24. The van der Waals surface area contributed by atoms with Crippen molar-refractivity contribution in [3.05, 3.63) is 59.7 Å². The number of amides is 2. The fraction of sp³-hybridized carbons (Fsp3) is 0.391. The summed E-state index contributed by atoms with van der Waals surface area (Å²) < 4.78 is 5.14. The second-order valence-corrected chi connectivity index (χ2v) is 7.60. The van der Waals surface area contributed by atoms with Crippen molar-refractivity contribution in [1.29, 1.82) is 0 Å². The van der Waals surface area contributed by atoms with Crippen LogP contribution in [0.4, 0.5) is 5.69 Å². The Morgan fingerprint density at radius 1 is 1.03 bits per heavy atom. The molecule has 0 unspecified atom stereocenters. The topological polar surface area (TPSA) is 61.9 Å². The summed E-state index contributed by atoms with van der Waals surface area (Å²) in [5, 5.41) is 3.10. The number of carbonyl (C=O) groups excluding carboxylic acids is 2. The van der Waals surface area contributed by atoms with Crippen molar-refractivity contribution in [1.82, 2.24) is 10.2 Å². The lowest BCUT2D eigenvalue weighted by Gasteiger charge is -2.32. The maximum Gasteiger partial charge on any atom is 0.253 e. The van der Waals surface area contributed by atoms with Crippen molar-refractivity contribution in [2.75, 3.05) is 39.2 Å². The van der Waals surface area contributed by atoms with Gasteiger partial charge in [-0.25, -0.2) is 0 Å². The lowest BCUT2D eigenvalue weighted by molar-refractivity contribution is -0.121. The highest BCUT2D eigenvalue weighted by Crippen LogP contribution is 2.17. The molecule has 0 radical (unpaired) electrons. The number of carbonyl (C=O) groups is 2. The lowest BCUT2D eigenvalue weighted by Crippen LogP contribution is -2.46. The minimum absolute atomic E-state index is 0.0132. The maximum absolute atomic E-state index is 12.7. The largest absolute Gasteiger partial charge is 0.497 e. The van der Waals surface area contributed by atoms with E-state index in [1.165, 1.54) is 0 Å². The van der Waals surface area contributed by atoms with Gasteiger partial charge in [0, 0.05) is 44.5 Å². The summed E-state index contributed by atoms with van der Waals surface area (Å²) in [6, 6.07) is 15.3. The fourth-order valence-electron chi connectivity index (χ4n) is 3.52. The first-order valence-electron chi connectivity index (χ1n) is 9.95. The molecule has 0 atom stereocenters. The van der Waals surface area contributed by atoms with Crippen LogP contribution in [0, 0.1) is 0 Å². The first kappa shape index (κ1) is 20.7. The Hall–Kier alpha value is -3.02. The van der Waals surface area contributed by atoms with Gasteiger partial charge in [0.15, 0.2) is 0 Å². The van der Waals surface area contributed by atoms with Crippen LogP contribution in [-0.4, -0.2) is 57.1 Å². The SMILES string of the molecule is COc1ccc(CC(=O)NC2CCN(C(=O)c3ccc(N(C)C)cc3)CC2)cc1. The molecule has 0 spiro atoms. The van der Waals surface area contributed by atoms with Gasteiger partial charge in [-0.15, -0.1) is 0 Å². The van der Waals surface area contributed by atoms with Crippen molar-refractivity contribution in [2.45, 2.75) is 25.3 Å². The smallest absolute Gasteiger partial charge is 0.253 e. The van der Waals surface area contributed by atoms with E-state index in [0.29, 0.717) is 25.1 Å². The number of piperidine rings is 1. The predicted molar refractivity (Wildman–Crippen MR) is 115 cm³/mol. The number of rotatable bonds is 6. The Morgan fingerprint density at radius 3 is 2.21 bits per heavy atom. The minimum Gasteiger partial charge on any atom is -0.497 e. The third-order valence-corrected chi connectivity index (χ3v) is 5.30. The van der Waals surface area contributed by atoms with E-state index in [1.807, 2.05) is 72.4 Å². The van der Waals surface area contributed by atoms with Gasteiger partial charge in [0.05, 0.1) is 13.5 Å². The molecule has 1 aliphatic rings. The van der Waals surface area contributed by atoms with E-state index < -0.39 is 0 Å². The van der Waals surface area contributed by atoms with Crippen LogP contribution < -0.4 is 15.0 Å². The number of ether oxygens (including phenoxy) is 1. The van der Waals surface area contributed by atoms with E-state index in [1.54, 1.807) is 7.11 Å². The molecule has 2 aromatic rings. The van der Waals surface area contributed by atoms with Gasteiger partial charge in [-0.2, -0.15) is 0 Å². The molecule has 29 heavy (non-hydrogen) atoms. The summed E-state index contributed by atoms with van der Waals surface area (Å²) in [6.45, 7) is 1.31. The number of hydrogen-bond donors (Lipinski definition) is 1. The van der Waals surface area contributed by atoms with Gasteiger partial charge in [0.1, 0.15) is 5.75 Å². The van der Waals surface area contributed by atoms with E-state index in [-0.39, 0.29) is 17.9 Å². The standard InChI is InChI=1S/C23H29N3O3/c1-25(2)20-8-6-18(7-9-20)23(28)26-14-12-19(13-15-26)24-22(27)16-17-4-10-21(29-3)11-5-17/h4-11,19H,12-16H2,1-3H3,(H,24,27). The van der Waals surface area contributed by atoms with Crippen LogP contribution >= 0.6 is 0 Å². The Bertz CT molecular complexity index is 823. The zero-order chi connectivity index (χ0) is 20.8. The van der Waals surface area contributed by atoms with Crippen molar-refractivity contribution >= 4 is 17.5 Å². The lowest BCUT2D eigenvalue weighted by atomic mass is 10.0. The van der Waals surface area contributed by atoms with E-state index >= 15 is 0 Å². The molecule has 2 aromatic carbocycles. The second kappa shape index (κ2) is 9.45. The zero-order valence-corrected chi connectivity index (χ0v) is 17.4. The molecule has 0 saturated carbocycles. The van der Waals surface area contributed by atoms with Crippen LogP contribution in [0.1, 0.15) is 28.8 Å². The molecule has 0 aliphatic carbocycles. The fourth-order valence-corrected chi connectivity index (χ4v) is 3.52. The molecule has 1 saturated heterocycles. The van der Waals surface area contributed by atoms with E-state index in [0.717, 1.165) is 29.8 Å². The van der Waals surface area contributed by atoms with Crippen molar-refractivity contribution < 1.29 is 14.3 Å². The molecule has 3 rings (SSSR count). The number of nitrogens with one attached hydrogen (secondary N) is 1. The molecule has 2 amide bonds. The Balaban J connectivity index is 1.46. The summed E-state index contributed by atoms with van der Waals surface area (Å²) in [6.07, 6.45) is 1.90. The first-order valence-corrected chi connectivity index (χ1v) is 9.95. The molecule has 6 nitrogen and oxygen atoms in total. The molecular weight excluding hydrogens is 366 g/mol. The molecule has 154 valence electrons. The van der Waals surface area contributed by atoms with E-state index in [9.17, 15) is 9.59 Å². The van der Waals surface area contributed by atoms with Gasteiger partial charge in [-0.3, -0.25) is 9.59 Å².